The van der Waals surface area contributed by atoms with Crippen LogP contribution in [-0.4, -0.2) is 30.5 Å². The molecule has 1 aliphatic carbocycles. The van der Waals surface area contributed by atoms with E-state index in [1.807, 2.05) is 0 Å². The van der Waals surface area contributed by atoms with Crippen LogP contribution in [0.1, 0.15) is 36.1 Å². The third-order valence-corrected chi connectivity index (χ3v) is 4.86. The zero-order chi connectivity index (χ0) is 17.5. The Hall–Kier alpha value is -1.83. The van der Waals surface area contributed by atoms with Crippen LogP contribution in [0.4, 0.5) is 13.2 Å². The van der Waals surface area contributed by atoms with Crippen molar-refractivity contribution in [2.75, 3.05) is 13.7 Å². The number of hydrogen-bond donors (Lipinski definition) is 1. The van der Waals surface area contributed by atoms with Crippen LogP contribution < -0.4 is 15.3 Å². The average Bonchev–Trinajstić information content (AvgIpc) is 2.98. The number of aromatic nitrogens is 1. The Labute approximate surface area is 138 Å². The van der Waals surface area contributed by atoms with Crippen molar-refractivity contribution in [3.63, 3.8) is 0 Å². The number of carbonyl (C=O) groups is 1. The fourth-order valence-electron chi connectivity index (χ4n) is 3.59. The topological polar surface area (TPSA) is 59.4 Å². The molecule has 5 nitrogen and oxygen atoms in total. The maximum absolute atomic E-state index is 13.1. The van der Waals surface area contributed by atoms with Gasteiger partial charge in [0.15, 0.2) is 0 Å². The fourth-order valence-corrected chi connectivity index (χ4v) is 3.59. The lowest BCUT2D eigenvalue weighted by atomic mass is 10.00. The number of carbonyl (C=O) groups excluding carboxylic acids is 1. The molecule has 1 aromatic rings. The van der Waals surface area contributed by atoms with E-state index in [0.717, 1.165) is 29.8 Å². The van der Waals surface area contributed by atoms with Gasteiger partial charge in [0.1, 0.15) is 12.7 Å². The van der Waals surface area contributed by atoms with Gasteiger partial charge in [0, 0.05) is 28.8 Å². The number of halogens is 3. The van der Waals surface area contributed by atoms with Gasteiger partial charge in [0.2, 0.25) is 17.8 Å². The van der Waals surface area contributed by atoms with Crippen LogP contribution in [0.2, 0.25) is 0 Å². The Balaban J connectivity index is 1.85. The molecule has 0 bridgehead atoms. The molecule has 2 heterocycles. The third kappa shape index (κ3) is 3.19. The first kappa shape index (κ1) is 17.0. The number of amides is 1. The van der Waals surface area contributed by atoms with E-state index >= 15 is 0 Å². The molecule has 0 spiro atoms. The Morgan fingerprint density at radius 3 is 2.75 bits per heavy atom. The van der Waals surface area contributed by atoms with E-state index in [1.54, 1.807) is 4.90 Å². The highest BCUT2D eigenvalue weighted by Gasteiger charge is 2.39. The van der Waals surface area contributed by atoms with Gasteiger partial charge in [-0.1, -0.05) is 0 Å². The summed E-state index contributed by atoms with van der Waals surface area (Å²) in [5.41, 5.74) is 6.24. The van der Waals surface area contributed by atoms with E-state index in [4.69, 9.17) is 10.6 Å². The predicted octanol–water partition coefficient (Wildman–Crippen LogP) is 1.06. The lowest BCUT2D eigenvalue weighted by Gasteiger charge is -2.29. The summed E-state index contributed by atoms with van der Waals surface area (Å²) in [5.74, 6) is -0.114. The summed E-state index contributed by atoms with van der Waals surface area (Å²) in [6, 6.07) is 1.16. The number of alkyl halides is 3. The first-order valence-corrected chi connectivity index (χ1v) is 8.03. The van der Waals surface area contributed by atoms with Gasteiger partial charge in [0.25, 0.3) is 0 Å². The third-order valence-electron chi connectivity index (χ3n) is 4.86. The minimum absolute atomic E-state index is 0.00465. The van der Waals surface area contributed by atoms with E-state index < -0.39 is 11.7 Å². The Morgan fingerprint density at radius 2 is 2.17 bits per heavy atom. The highest BCUT2D eigenvalue weighted by atomic mass is 19.4. The van der Waals surface area contributed by atoms with Crippen LogP contribution in [0.5, 0.6) is 0 Å². The van der Waals surface area contributed by atoms with Crippen molar-refractivity contribution in [1.29, 1.82) is 0 Å². The monoisotopic (exact) mass is 344 g/mol. The average molecular weight is 344 g/mol. The summed E-state index contributed by atoms with van der Waals surface area (Å²) in [6.07, 6.45) is -0.812. The largest absolute Gasteiger partial charge is 0.422 e. The van der Waals surface area contributed by atoms with Gasteiger partial charge in [-0.15, -0.1) is 0 Å². The van der Waals surface area contributed by atoms with E-state index in [9.17, 15) is 18.0 Å². The zero-order valence-electron chi connectivity index (χ0n) is 13.5. The van der Waals surface area contributed by atoms with Crippen LogP contribution in [0.15, 0.2) is 12.3 Å². The van der Waals surface area contributed by atoms with Crippen molar-refractivity contribution in [3.8, 4) is 0 Å². The second-order valence-corrected chi connectivity index (χ2v) is 6.49. The quantitative estimate of drug-likeness (QED) is 0.817. The number of rotatable bonds is 2. The molecule has 1 saturated carbocycles. The van der Waals surface area contributed by atoms with Crippen molar-refractivity contribution < 1.29 is 27.5 Å². The van der Waals surface area contributed by atoms with Gasteiger partial charge in [-0.05, 0) is 25.3 Å². The summed E-state index contributed by atoms with van der Waals surface area (Å²) < 4.78 is 40.3. The SMILES string of the molecule is CO[n+]1cc(C(F)(F)F)cc2c1CCN(C(=O)C1CCC(N)C1)C2. The summed E-state index contributed by atoms with van der Waals surface area (Å²) in [6.45, 7) is 0.652. The van der Waals surface area contributed by atoms with Crippen LogP contribution in [-0.2, 0) is 23.9 Å². The number of hydrogen-bond acceptors (Lipinski definition) is 3. The second kappa shape index (κ2) is 6.23. The van der Waals surface area contributed by atoms with Crippen LogP contribution in [0, 0.1) is 5.92 Å². The lowest BCUT2D eigenvalue weighted by Crippen LogP contribution is -2.50. The minimum Gasteiger partial charge on any atom is -0.337 e. The van der Waals surface area contributed by atoms with Crippen molar-refractivity contribution >= 4 is 5.91 Å². The van der Waals surface area contributed by atoms with E-state index in [-0.39, 0.29) is 24.4 Å². The summed E-state index contributed by atoms with van der Waals surface area (Å²) >= 11 is 0. The summed E-state index contributed by atoms with van der Waals surface area (Å²) in [7, 11) is 1.33. The van der Waals surface area contributed by atoms with Crippen molar-refractivity contribution in [1.82, 2.24) is 4.90 Å². The van der Waals surface area contributed by atoms with Crippen molar-refractivity contribution in [2.45, 2.75) is 44.4 Å². The molecule has 1 aliphatic heterocycles. The predicted molar refractivity (Wildman–Crippen MR) is 78.6 cm³/mol. The van der Waals surface area contributed by atoms with E-state index in [0.29, 0.717) is 30.6 Å². The number of fused-ring (bicyclic) bond motifs is 1. The van der Waals surface area contributed by atoms with Gasteiger partial charge in [-0.25, -0.2) is 0 Å². The zero-order valence-corrected chi connectivity index (χ0v) is 13.5. The van der Waals surface area contributed by atoms with E-state index in [1.165, 1.54) is 7.11 Å². The first-order valence-electron chi connectivity index (χ1n) is 8.03. The number of nitrogens with two attached hydrogens (primary N) is 1. The Morgan fingerprint density at radius 1 is 1.42 bits per heavy atom. The first-order chi connectivity index (χ1) is 11.3. The molecular formula is C16H21F3N3O2+. The molecule has 0 radical (unpaired) electrons. The van der Waals surface area contributed by atoms with Crippen molar-refractivity contribution in [3.05, 3.63) is 29.1 Å². The molecule has 24 heavy (non-hydrogen) atoms. The molecule has 0 aromatic carbocycles. The van der Waals surface area contributed by atoms with Gasteiger partial charge < -0.3 is 10.6 Å². The van der Waals surface area contributed by atoms with Gasteiger partial charge >= 0.3 is 6.18 Å². The molecule has 8 heteroatoms. The molecule has 2 N–H and O–H groups in total. The Kier molecular flexibility index (Phi) is 4.42. The lowest BCUT2D eigenvalue weighted by molar-refractivity contribution is -0.891. The molecule has 132 valence electrons. The van der Waals surface area contributed by atoms with Crippen LogP contribution >= 0.6 is 0 Å². The van der Waals surface area contributed by atoms with E-state index in [2.05, 4.69) is 0 Å². The number of nitrogens with zero attached hydrogens (tertiary/aromatic N) is 2. The molecule has 1 aromatic heterocycles. The summed E-state index contributed by atoms with van der Waals surface area (Å²) in [5, 5.41) is 0. The highest BCUT2D eigenvalue weighted by Crippen LogP contribution is 2.32. The normalized spacial score (nSPS) is 24.0. The Bertz CT molecular complexity index is 648. The van der Waals surface area contributed by atoms with Crippen molar-refractivity contribution in [2.24, 2.45) is 11.7 Å². The molecular weight excluding hydrogens is 323 g/mol. The summed E-state index contributed by atoms with van der Waals surface area (Å²) in [4.78, 5) is 19.3. The number of pyridine rings is 1. The molecule has 2 aliphatic rings. The maximum Gasteiger partial charge on any atom is 0.422 e. The molecule has 3 rings (SSSR count). The highest BCUT2D eigenvalue weighted by molar-refractivity contribution is 5.79. The molecule has 2 atom stereocenters. The maximum atomic E-state index is 13.1. The van der Waals surface area contributed by atoms with Crippen LogP contribution in [0.25, 0.3) is 0 Å². The standard InChI is InChI=1S/C16H21F3N3O2/c1-24-22-9-12(16(17,18)19)6-11-8-21(5-4-14(11)22)15(23)10-2-3-13(20)7-10/h6,9-10,13H,2-5,7-8,20H2,1H3/q+1. The van der Waals surface area contributed by atoms with Gasteiger partial charge in [-0.2, -0.15) is 13.2 Å². The van der Waals surface area contributed by atoms with Gasteiger partial charge in [-0.3, -0.25) is 9.63 Å². The molecule has 0 saturated heterocycles. The smallest absolute Gasteiger partial charge is 0.337 e. The van der Waals surface area contributed by atoms with Gasteiger partial charge in [0.05, 0.1) is 13.0 Å². The molecule has 1 fully saturated rings. The van der Waals surface area contributed by atoms with Crippen LogP contribution in [0.3, 0.4) is 0 Å². The molecule has 1 amide bonds. The minimum atomic E-state index is -4.46. The molecule has 2 unspecified atom stereocenters. The fraction of sp³-hybridized carbons (Fsp3) is 0.625. The second-order valence-electron chi connectivity index (χ2n) is 6.49.